The Bertz CT molecular complexity index is 685. The van der Waals surface area contributed by atoms with Crippen LogP contribution in [0.15, 0.2) is 59.6 Å². The summed E-state index contributed by atoms with van der Waals surface area (Å²) >= 11 is 3.37. The molecule has 0 atom stereocenters. The van der Waals surface area contributed by atoms with Crippen LogP contribution in [0.2, 0.25) is 0 Å². The molecule has 0 unspecified atom stereocenters. The lowest BCUT2D eigenvalue weighted by Crippen LogP contribution is -2.12. The lowest BCUT2D eigenvalue weighted by molar-refractivity contribution is 0.102. The predicted octanol–water partition coefficient (Wildman–Crippen LogP) is 4.27. The molecule has 22 heavy (non-hydrogen) atoms. The van der Waals surface area contributed by atoms with Crippen molar-refractivity contribution in [1.29, 1.82) is 0 Å². The van der Waals surface area contributed by atoms with Gasteiger partial charge in [-0.15, -0.1) is 0 Å². The van der Waals surface area contributed by atoms with Crippen LogP contribution in [-0.4, -0.2) is 19.6 Å². The normalized spacial score (nSPS) is 9.91. The van der Waals surface area contributed by atoms with Gasteiger partial charge in [-0.2, -0.15) is 0 Å². The summed E-state index contributed by atoms with van der Waals surface area (Å²) in [4.78, 5) is 12.3. The minimum absolute atomic E-state index is 0.204. The van der Waals surface area contributed by atoms with Gasteiger partial charge in [0, 0.05) is 17.3 Å². The molecule has 1 amide bonds. The van der Waals surface area contributed by atoms with Crippen molar-refractivity contribution in [3.8, 4) is 11.5 Å². The van der Waals surface area contributed by atoms with Crippen molar-refractivity contribution >= 4 is 27.5 Å². The Kier molecular flexibility index (Phi) is 5.61. The van der Waals surface area contributed by atoms with Gasteiger partial charge in [-0.1, -0.05) is 18.7 Å². The summed E-state index contributed by atoms with van der Waals surface area (Å²) in [6.45, 7) is 4.02. The molecule has 0 bridgehead atoms. The standard InChI is InChI=1S/C17H16BrNO3/c1-3-9-22-14-6-4-5-13(11-14)19-17(20)12-7-8-16(21-2)15(18)10-12/h3-8,10-11H,1,9H2,2H3,(H,19,20). The highest BCUT2D eigenvalue weighted by Gasteiger charge is 2.09. The zero-order chi connectivity index (χ0) is 15.9. The van der Waals surface area contributed by atoms with E-state index in [1.165, 1.54) is 0 Å². The molecule has 0 radical (unpaired) electrons. The Morgan fingerprint density at radius 3 is 2.82 bits per heavy atom. The fourth-order valence-corrected chi connectivity index (χ4v) is 2.37. The third-order valence-electron chi connectivity index (χ3n) is 2.87. The fourth-order valence-electron chi connectivity index (χ4n) is 1.83. The Morgan fingerprint density at radius 2 is 2.14 bits per heavy atom. The van der Waals surface area contributed by atoms with E-state index in [-0.39, 0.29) is 5.91 Å². The molecule has 0 heterocycles. The van der Waals surface area contributed by atoms with Crippen molar-refractivity contribution in [2.75, 3.05) is 19.0 Å². The van der Waals surface area contributed by atoms with Crippen LogP contribution in [0.4, 0.5) is 5.69 Å². The summed E-state index contributed by atoms with van der Waals surface area (Å²) in [5, 5.41) is 2.83. The van der Waals surface area contributed by atoms with Gasteiger partial charge < -0.3 is 14.8 Å². The van der Waals surface area contributed by atoms with Gasteiger partial charge in [-0.05, 0) is 46.3 Å². The number of benzene rings is 2. The zero-order valence-electron chi connectivity index (χ0n) is 12.1. The molecule has 5 heteroatoms. The van der Waals surface area contributed by atoms with Crippen LogP contribution in [0.3, 0.4) is 0 Å². The van der Waals surface area contributed by atoms with Gasteiger partial charge in [-0.3, -0.25) is 4.79 Å². The molecule has 0 spiro atoms. The minimum Gasteiger partial charge on any atom is -0.496 e. The Balaban J connectivity index is 2.11. The monoisotopic (exact) mass is 361 g/mol. The second kappa shape index (κ2) is 7.66. The second-order valence-electron chi connectivity index (χ2n) is 4.43. The van der Waals surface area contributed by atoms with Crippen molar-refractivity contribution in [3.05, 3.63) is 65.2 Å². The van der Waals surface area contributed by atoms with Gasteiger partial charge in [0.25, 0.3) is 5.91 Å². The molecule has 0 saturated carbocycles. The third kappa shape index (κ3) is 4.11. The van der Waals surface area contributed by atoms with Crippen LogP contribution in [0, 0.1) is 0 Å². The van der Waals surface area contributed by atoms with Gasteiger partial charge in [0.05, 0.1) is 11.6 Å². The van der Waals surface area contributed by atoms with E-state index in [4.69, 9.17) is 9.47 Å². The smallest absolute Gasteiger partial charge is 0.255 e. The first-order valence-electron chi connectivity index (χ1n) is 6.62. The number of halogens is 1. The van der Waals surface area contributed by atoms with Gasteiger partial charge in [0.15, 0.2) is 0 Å². The zero-order valence-corrected chi connectivity index (χ0v) is 13.7. The van der Waals surface area contributed by atoms with Crippen LogP contribution in [0.25, 0.3) is 0 Å². The van der Waals surface area contributed by atoms with Gasteiger partial charge in [0.1, 0.15) is 18.1 Å². The van der Waals surface area contributed by atoms with E-state index in [1.54, 1.807) is 43.5 Å². The van der Waals surface area contributed by atoms with E-state index in [2.05, 4.69) is 27.8 Å². The van der Waals surface area contributed by atoms with Crippen LogP contribution in [-0.2, 0) is 0 Å². The molecule has 0 aliphatic carbocycles. The molecule has 0 fully saturated rings. The summed E-state index contributed by atoms with van der Waals surface area (Å²) in [6.07, 6.45) is 1.67. The average Bonchev–Trinajstić information content (AvgIpc) is 2.53. The maximum absolute atomic E-state index is 12.3. The molecule has 0 aliphatic heterocycles. The van der Waals surface area contributed by atoms with E-state index in [0.717, 1.165) is 4.47 Å². The van der Waals surface area contributed by atoms with E-state index in [9.17, 15) is 4.79 Å². The first-order valence-corrected chi connectivity index (χ1v) is 7.42. The highest BCUT2D eigenvalue weighted by Crippen LogP contribution is 2.26. The lowest BCUT2D eigenvalue weighted by atomic mass is 10.2. The minimum atomic E-state index is -0.204. The van der Waals surface area contributed by atoms with Gasteiger partial charge in [-0.25, -0.2) is 0 Å². The lowest BCUT2D eigenvalue weighted by Gasteiger charge is -2.09. The fraction of sp³-hybridized carbons (Fsp3) is 0.118. The maximum Gasteiger partial charge on any atom is 0.255 e. The summed E-state index contributed by atoms with van der Waals surface area (Å²) < 4.78 is 11.3. The van der Waals surface area contributed by atoms with Crippen LogP contribution >= 0.6 is 15.9 Å². The van der Waals surface area contributed by atoms with Gasteiger partial charge >= 0.3 is 0 Å². The number of hydrogen-bond acceptors (Lipinski definition) is 3. The molecule has 4 nitrogen and oxygen atoms in total. The SMILES string of the molecule is C=CCOc1cccc(NC(=O)c2ccc(OC)c(Br)c2)c1. The molecular weight excluding hydrogens is 346 g/mol. The summed E-state index contributed by atoms with van der Waals surface area (Å²) in [5.41, 5.74) is 1.20. The molecular formula is C17H16BrNO3. The highest BCUT2D eigenvalue weighted by atomic mass is 79.9. The number of methoxy groups -OCH3 is 1. The Labute approximate surface area is 137 Å². The van der Waals surface area contributed by atoms with Crippen LogP contribution in [0.5, 0.6) is 11.5 Å². The first kappa shape index (κ1) is 16.1. The number of nitrogens with one attached hydrogen (secondary N) is 1. The molecule has 1 N–H and O–H groups in total. The van der Waals surface area contributed by atoms with E-state index < -0.39 is 0 Å². The topological polar surface area (TPSA) is 47.6 Å². The van der Waals surface area contributed by atoms with Crippen molar-refractivity contribution in [2.24, 2.45) is 0 Å². The molecule has 0 aliphatic rings. The highest BCUT2D eigenvalue weighted by molar-refractivity contribution is 9.10. The van der Waals surface area contributed by atoms with Crippen molar-refractivity contribution < 1.29 is 14.3 Å². The number of rotatable bonds is 6. The largest absolute Gasteiger partial charge is 0.496 e. The molecule has 0 saturated heterocycles. The number of hydrogen-bond donors (Lipinski definition) is 1. The van der Waals surface area contributed by atoms with Crippen molar-refractivity contribution in [1.82, 2.24) is 0 Å². The van der Waals surface area contributed by atoms with Gasteiger partial charge in [0.2, 0.25) is 0 Å². The van der Waals surface area contributed by atoms with E-state index in [1.807, 2.05) is 12.1 Å². The first-order chi connectivity index (χ1) is 10.6. The molecule has 2 aromatic rings. The number of ether oxygens (including phenoxy) is 2. The molecule has 0 aromatic heterocycles. The van der Waals surface area contributed by atoms with Crippen LogP contribution in [0.1, 0.15) is 10.4 Å². The van der Waals surface area contributed by atoms with E-state index >= 15 is 0 Å². The van der Waals surface area contributed by atoms with Crippen molar-refractivity contribution in [3.63, 3.8) is 0 Å². The number of amides is 1. The quantitative estimate of drug-likeness (QED) is 0.781. The number of anilines is 1. The summed E-state index contributed by atoms with van der Waals surface area (Å²) in [5.74, 6) is 1.15. The van der Waals surface area contributed by atoms with Crippen LogP contribution < -0.4 is 14.8 Å². The third-order valence-corrected chi connectivity index (χ3v) is 3.49. The average molecular weight is 362 g/mol. The Morgan fingerprint density at radius 1 is 1.32 bits per heavy atom. The summed E-state index contributed by atoms with van der Waals surface area (Å²) in [6, 6.07) is 12.4. The molecule has 114 valence electrons. The maximum atomic E-state index is 12.3. The number of carbonyl (C=O) groups excluding carboxylic acids is 1. The Hall–Kier alpha value is -2.27. The molecule has 2 aromatic carbocycles. The van der Waals surface area contributed by atoms with Crippen molar-refractivity contribution in [2.45, 2.75) is 0 Å². The second-order valence-corrected chi connectivity index (χ2v) is 5.29. The molecule has 2 rings (SSSR count). The summed E-state index contributed by atoms with van der Waals surface area (Å²) in [7, 11) is 1.58. The number of carbonyl (C=O) groups is 1. The van der Waals surface area contributed by atoms with E-state index in [0.29, 0.717) is 29.4 Å². The predicted molar refractivity (Wildman–Crippen MR) is 90.8 cm³/mol.